The summed E-state index contributed by atoms with van der Waals surface area (Å²) in [5.74, 6) is 1.83. The molecule has 0 aromatic heterocycles. The Morgan fingerprint density at radius 1 is 1.00 bits per heavy atom. The molecule has 104 valence electrons. The highest BCUT2D eigenvalue weighted by Gasteiger charge is 2.37. The molecule has 2 atom stereocenters. The topological polar surface area (TPSA) is 12.0 Å². The number of rotatable bonds is 6. The van der Waals surface area contributed by atoms with Gasteiger partial charge in [0.05, 0.1) is 0 Å². The largest absolute Gasteiger partial charge is 0.313 e. The highest BCUT2D eigenvalue weighted by molar-refractivity contribution is 5.27. The standard InChI is InChI=1S/C18H27N/c1-3-8-15(9-4-1)10-7-13-19-18-14-17(18)16-11-5-2-6-12-16/h2,5-6,11-12,15,17-19H,1,3-4,7-10,13-14H2/t17-,18+/m1/s1. The van der Waals surface area contributed by atoms with Crippen molar-refractivity contribution in [2.75, 3.05) is 6.54 Å². The Balaban J connectivity index is 1.30. The van der Waals surface area contributed by atoms with Gasteiger partial charge in [0.15, 0.2) is 0 Å². The maximum absolute atomic E-state index is 3.74. The lowest BCUT2D eigenvalue weighted by atomic mass is 9.86. The van der Waals surface area contributed by atoms with Crippen molar-refractivity contribution in [1.82, 2.24) is 5.32 Å². The van der Waals surface area contributed by atoms with Crippen LogP contribution >= 0.6 is 0 Å². The lowest BCUT2D eigenvalue weighted by Crippen LogP contribution is -2.20. The fourth-order valence-corrected chi connectivity index (χ4v) is 3.64. The third-order valence-corrected chi connectivity index (χ3v) is 4.94. The quantitative estimate of drug-likeness (QED) is 0.740. The van der Waals surface area contributed by atoms with Crippen LogP contribution in [0.4, 0.5) is 0 Å². The highest BCUT2D eigenvalue weighted by Crippen LogP contribution is 2.40. The summed E-state index contributed by atoms with van der Waals surface area (Å²) in [5.41, 5.74) is 1.52. The number of hydrogen-bond donors (Lipinski definition) is 1. The van der Waals surface area contributed by atoms with E-state index in [9.17, 15) is 0 Å². The van der Waals surface area contributed by atoms with Crippen molar-refractivity contribution in [2.45, 2.75) is 63.3 Å². The van der Waals surface area contributed by atoms with Crippen molar-refractivity contribution >= 4 is 0 Å². The van der Waals surface area contributed by atoms with Crippen LogP contribution < -0.4 is 5.32 Å². The van der Waals surface area contributed by atoms with Crippen LogP contribution in [-0.4, -0.2) is 12.6 Å². The van der Waals surface area contributed by atoms with E-state index in [1.807, 2.05) is 0 Å². The van der Waals surface area contributed by atoms with Gasteiger partial charge >= 0.3 is 0 Å². The van der Waals surface area contributed by atoms with Crippen molar-refractivity contribution in [3.63, 3.8) is 0 Å². The molecule has 1 nitrogen and oxygen atoms in total. The molecule has 0 aliphatic heterocycles. The molecule has 3 rings (SSSR count). The third-order valence-electron chi connectivity index (χ3n) is 4.94. The molecule has 0 amide bonds. The van der Waals surface area contributed by atoms with Crippen molar-refractivity contribution in [2.24, 2.45) is 5.92 Å². The van der Waals surface area contributed by atoms with Gasteiger partial charge in [0.2, 0.25) is 0 Å². The molecule has 2 fully saturated rings. The minimum absolute atomic E-state index is 0.758. The predicted octanol–water partition coefficient (Wildman–Crippen LogP) is 4.49. The second-order valence-corrected chi connectivity index (χ2v) is 6.46. The van der Waals surface area contributed by atoms with E-state index in [1.165, 1.54) is 63.5 Å². The average molecular weight is 257 g/mol. The predicted molar refractivity (Wildman–Crippen MR) is 81.4 cm³/mol. The van der Waals surface area contributed by atoms with Gasteiger partial charge in [0.25, 0.3) is 0 Å². The van der Waals surface area contributed by atoms with Gasteiger partial charge in [0.1, 0.15) is 0 Å². The molecule has 1 heteroatoms. The number of nitrogens with one attached hydrogen (secondary N) is 1. The molecule has 1 aromatic rings. The molecule has 0 spiro atoms. The summed E-state index contributed by atoms with van der Waals surface area (Å²) in [6, 6.07) is 11.7. The van der Waals surface area contributed by atoms with Gasteiger partial charge in [-0.2, -0.15) is 0 Å². The third kappa shape index (κ3) is 3.82. The van der Waals surface area contributed by atoms with Gasteiger partial charge in [-0.05, 0) is 37.3 Å². The molecule has 2 aliphatic rings. The highest BCUT2D eigenvalue weighted by atomic mass is 15.0. The Morgan fingerprint density at radius 3 is 2.58 bits per heavy atom. The molecule has 0 radical (unpaired) electrons. The van der Waals surface area contributed by atoms with E-state index < -0.39 is 0 Å². The van der Waals surface area contributed by atoms with E-state index in [0.717, 1.165) is 17.9 Å². The molecule has 0 heterocycles. The fourth-order valence-electron chi connectivity index (χ4n) is 3.64. The van der Waals surface area contributed by atoms with E-state index in [4.69, 9.17) is 0 Å². The summed E-state index contributed by atoms with van der Waals surface area (Å²) in [6.07, 6.45) is 11.6. The smallest absolute Gasteiger partial charge is 0.0143 e. The number of benzene rings is 1. The Labute approximate surface area is 117 Å². The zero-order valence-electron chi connectivity index (χ0n) is 12.0. The average Bonchev–Trinajstić information content (AvgIpc) is 3.25. The summed E-state index contributed by atoms with van der Waals surface area (Å²) in [4.78, 5) is 0. The van der Waals surface area contributed by atoms with Crippen LogP contribution in [0.25, 0.3) is 0 Å². The Hall–Kier alpha value is -0.820. The first-order valence-electron chi connectivity index (χ1n) is 8.22. The fraction of sp³-hybridized carbons (Fsp3) is 0.667. The van der Waals surface area contributed by atoms with Gasteiger partial charge in [0, 0.05) is 12.0 Å². The lowest BCUT2D eigenvalue weighted by molar-refractivity contribution is 0.330. The minimum Gasteiger partial charge on any atom is -0.313 e. The summed E-state index contributed by atoms with van der Waals surface area (Å²) >= 11 is 0. The second-order valence-electron chi connectivity index (χ2n) is 6.46. The maximum atomic E-state index is 3.74. The van der Waals surface area contributed by atoms with Crippen molar-refractivity contribution in [3.8, 4) is 0 Å². The summed E-state index contributed by atoms with van der Waals surface area (Å²) in [7, 11) is 0. The number of hydrogen-bond acceptors (Lipinski definition) is 1. The van der Waals surface area contributed by atoms with Gasteiger partial charge in [-0.15, -0.1) is 0 Å². The van der Waals surface area contributed by atoms with Crippen LogP contribution in [0.1, 0.15) is 62.8 Å². The van der Waals surface area contributed by atoms with Crippen LogP contribution in [-0.2, 0) is 0 Å². The van der Waals surface area contributed by atoms with Gasteiger partial charge in [-0.25, -0.2) is 0 Å². The molecule has 1 N–H and O–H groups in total. The molecular formula is C18H27N. The van der Waals surface area contributed by atoms with Crippen molar-refractivity contribution in [3.05, 3.63) is 35.9 Å². The molecule has 19 heavy (non-hydrogen) atoms. The first-order chi connectivity index (χ1) is 9.43. The van der Waals surface area contributed by atoms with E-state index in [0.29, 0.717) is 0 Å². The first kappa shape index (κ1) is 13.2. The first-order valence-corrected chi connectivity index (χ1v) is 8.22. The second kappa shape index (κ2) is 6.56. The lowest BCUT2D eigenvalue weighted by Gasteiger charge is -2.21. The van der Waals surface area contributed by atoms with E-state index in [2.05, 4.69) is 35.6 Å². The van der Waals surface area contributed by atoms with Gasteiger partial charge in [-0.1, -0.05) is 62.4 Å². The summed E-state index contributed by atoms with van der Waals surface area (Å²) < 4.78 is 0. The molecule has 0 bridgehead atoms. The van der Waals surface area contributed by atoms with Crippen LogP contribution in [0.5, 0.6) is 0 Å². The Bertz CT molecular complexity index is 367. The van der Waals surface area contributed by atoms with E-state index in [1.54, 1.807) is 0 Å². The summed E-state index contributed by atoms with van der Waals surface area (Å²) in [6.45, 7) is 1.23. The van der Waals surface area contributed by atoms with Crippen molar-refractivity contribution < 1.29 is 0 Å². The minimum atomic E-state index is 0.758. The molecule has 0 saturated heterocycles. The molecule has 1 aromatic carbocycles. The maximum Gasteiger partial charge on any atom is 0.0143 e. The normalized spacial score (nSPS) is 27.4. The molecule has 0 unspecified atom stereocenters. The van der Waals surface area contributed by atoms with Crippen LogP contribution in [0.3, 0.4) is 0 Å². The van der Waals surface area contributed by atoms with Crippen molar-refractivity contribution in [1.29, 1.82) is 0 Å². The van der Waals surface area contributed by atoms with Crippen LogP contribution in [0.2, 0.25) is 0 Å². The van der Waals surface area contributed by atoms with Gasteiger partial charge < -0.3 is 5.32 Å². The van der Waals surface area contributed by atoms with E-state index >= 15 is 0 Å². The Morgan fingerprint density at radius 2 is 1.79 bits per heavy atom. The summed E-state index contributed by atoms with van der Waals surface area (Å²) in [5, 5.41) is 3.74. The van der Waals surface area contributed by atoms with Crippen LogP contribution in [0, 0.1) is 5.92 Å². The molecule has 2 aliphatic carbocycles. The molecule has 2 saturated carbocycles. The van der Waals surface area contributed by atoms with Gasteiger partial charge in [-0.3, -0.25) is 0 Å². The zero-order chi connectivity index (χ0) is 12.9. The SMILES string of the molecule is c1ccc([C@H]2C[C@@H]2NCCCC2CCCCC2)cc1. The Kier molecular flexibility index (Phi) is 4.55. The van der Waals surface area contributed by atoms with E-state index in [-0.39, 0.29) is 0 Å². The monoisotopic (exact) mass is 257 g/mol. The zero-order valence-corrected chi connectivity index (χ0v) is 12.0. The molecular weight excluding hydrogens is 230 g/mol. The van der Waals surface area contributed by atoms with Crippen LogP contribution in [0.15, 0.2) is 30.3 Å².